The molecule has 1 fully saturated rings. The van der Waals surface area contributed by atoms with Crippen LogP contribution in [0.1, 0.15) is 29.1 Å². The average Bonchev–Trinajstić information content (AvgIpc) is 3.19. The Balaban J connectivity index is 1.34. The van der Waals surface area contributed by atoms with Gasteiger partial charge in [0.2, 0.25) is 5.89 Å². The van der Waals surface area contributed by atoms with Crippen molar-refractivity contribution in [3.05, 3.63) is 71.9 Å². The second-order valence-corrected chi connectivity index (χ2v) is 7.89. The predicted octanol–water partition coefficient (Wildman–Crippen LogP) is 4.46. The number of urea groups is 1. The van der Waals surface area contributed by atoms with Crippen LogP contribution in [0.2, 0.25) is 0 Å². The van der Waals surface area contributed by atoms with Crippen LogP contribution in [0.4, 0.5) is 14.9 Å². The van der Waals surface area contributed by atoms with Gasteiger partial charge in [0.25, 0.3) is 5.91 Å². The molecule has 2 N–H and O–H groups in total. The topological polar surface area (TPSA) is 87.5 Å². The van der Waals surface area contributed by atoms with Crippen molar-refractivity contribution in [1.29, 1.82) is 0 Å². The number of carbonyl (C=O) groups excluding carboxylic acids is 2. The van der Waals surface area contributed by atoms with Gasteiger partial charge in [0, 0.05) is 30.9 Å². The zero-order valence-corrected chi connectivity index (χ0v) is 17.8. The summed E-state index contributed by atoms with van der Waals surface area (Å²) in [4.78, 5) is 31.4. The van der Waals surface area contributed by atoms with Gasteiger partial charge in [0.05, 0.1) is 0 Å². The highest BCUT2D eigenvalue weighted by Gasteiger charge is 2.28. The summed E-state index contributed by atoms with van der Waals surface area (Å²) in [6.07, 6.45) is 1.74. The molecule has 32 heavy (non-hydrogen) atoms. The van der Waals surface area contributed by atoms with Crippen LogP contribution in [-0.2, 0) is 0 Å². The third-order valence-electron chi connectivity index (χ3n) is 5.46. The number of aryl methyl sites for hydroxylation is 1. The smallest absolute Gasteiger partial charge is 0.319 e. The number of likely N-dealkylation sites (tertiary alicyclic amines) is 1. The van der Waals surface area contributed by atoms with Gasteiger partial charge in [-0.1, -0.05) is 24.3 Å². The van der Waals surface area contributed by atoms with Crippen molar-refractivity contribution in [2.24, 2.45) is 5.92 Å². The average molecular weight is 436 g/mol. The minimum atomic E-state index is -0.414. The van der Waals surface area contributed by atoms with E-state index in [0.29, 0.717) is 42.7 Å². The van der Waals surface area contributed by atoms with Gasteiger partial charge < -0.3 is 20.0 Å². The molecule has 0 saturated carbocycles. The van der Waals surface area contributed by atoms with Crippen molar-refractivity contribution >= 4 is 17.6 Å². The maximum Gasteiger partial charge on any atom is 0.319 e. The van der Waals surface area contributed by atoms with E-state index in [0.717, 1.165) is 18.4 Å². The molecule has 0 spiro atoms. The first-order chi connectivity index (χ1) is 15.5. The number of oxazole rings is 1. The van der Waals surface area contributed by atoms with E-state index in [-0.39, 0.29) is 11.8 Å². The van der Waals surface area contributed by atoms with Gasteiger partial charge in [0.15, 0.2) is 5.69 Å². The van der Waals surface area contributed by atoms with E-state index in [2.05, 4.69) is 15.6 Å². The first-order valence-corrected chi connectivity index (χ1v) is 10.6. The number of aromatic nitrogens is 1. The number of rotatable bonds is 5. The molecule has 1 atom stereocenters. The third kappa shape index (κ3) is 5.14. The van der Waals surface area contributed by atoms with Gasteiger partial charge in [-0.05, 0) is 56.0 Å². The molecule has 1 saturated heterocycles. The lowest BCUT2D eigenvalue weighted by Crippen LogP contribution is -2.44. The molecule has 1 unspecified atom stereocenters. The van der Waals surface area contributed by atoms with Crippen LogP contribution in [0.25, 0.3) is 11.5 Å². The highest BCUT2D eigenvalue weighted by molar-refractivity contribution is 5.94. The van der Waals surface area contributed by atoms with E-state index in [1.807, 2.05) is 30.3 Å². The highest BCUT2D eigenvalue weighted by Crippen LogP contribution is 2.24. The van der Waals surface area contributed by atoms with Gasteiger partial charge in [-0.2, -0.15) is 0 Å². The summed E-state index contributed by atoms with van der Waals surface area (Å²) in [5.74, 6) is 0.455. The summed E-state index contributed by atoms with van der Waals surface area (Å²) in [7, 11) is 0. The minimum Gasteiger partial charge on any atom is -0.441 e. The number of benzene rings is 2. The van der Waals surface area contributed by atoms with Crippen LogP contribution in [0.3, 0.4) is 0 Å². The van der Waals surface area contributed by atoms with E-state index >= 15 is 0 Å². The Morgan fingerprint density at radius 2 is 2.00 bits per heavy atom. The van der Waals surface area contributed by atoms with Crippen LogP contribution in [0.15, 0.2) is 59.0 Å². The zero-order chi connectivity index (χ0) is 22.5. The largest absolute Gasteiger partial charge is 0.441 e. The van der Waals surface area contributed by atoms with E-state index in [4.69, 9.17) is 4.42 Å². The van der Waals surface area contributed by atoms with Crippen molar-refractivity contribution in [2.45, 2.75) is 19.8 Å². The molecule has 1 aromatic heterocycles. The normalized spacial score (nSPS) is 15.9. The van der Waals surface area contributed by atoms with Crippen molar-refractivity contribution < 1.29 is 18.4 Å². The first-order valence-electron chi connectivity index (χ1n) is 10.6. The lowest BCUT2D eigenvalue weighted by molar-refractivity contribution is 0.0668. The number of nitrogens with one attached hydrogen (secondary N) is 2. The fourth-order valence-electron chi connectivity index (χ4n) is 3.84. The quantitative estimate of drug-likeness (QED) is 0.618. The Morgan fingerprint density at radius 1 is 1.19 bits per heavy atom. The minimum absolute atomic E-state index is 0.117. The Morgan fingerprint density at radius 3 is 2.78 bits per heavy atom. The molecule has 1 aliphatic rings. The number of piperidine rings is 1. The summed E-state index contributed by atoms with van der Waals surface area (Å²) in [6.45, 7) is 3.31. The molecule has 0 aliphatic carbocycles. The maximum atomic E-state index is 13.3. The molecular weight excluding hydrogens is 411 g/mol. The predicted molar refractivity (Wildman–Crippen MR) is 119 cm³/mol. The summed E-state index contributed by atoms with van der Waals surface area (Å²) in [5, 5.41) is 5.43. The maximum absolute atomic E-state index is 13.3. The summed E-state index contributed by atoms with van der Waals surface area (Å²) in [5.41, 5.74) is 1.53. The van der Waals surface area contributed by atoms with Crippen molar-refractivity contribution in [1.82, 2.24) is 15.2 Å². The van der Waals surface area contributed by atoms with E-state index in [9.17, 15) is 14.0 Å². The van der Waals surface area contributed by atoms with Gasteiger partial charge >= 0.3 is 6.03 Å². The Hall–Kier alpha value is -3.68. The SMILES string of the molecule is Cc1oc(-c2ccccc2)nc1C(=O)N1CCCC(CNC(=O)Nc2cccc(F)c2)C1. The molecule has 4 rings (SSSR count). The number of carbonyl (C=O) groups is 2. The van der Waals surface area contributed by atoms with Crippen LogP contribution in [0, 0.1) is 18.7 Å². The molecule has 166 valence electrons. The van der Waals surface area contributed by atoms with E-state index in [1.54, 1.807) is 17.9 Å². The third-order valence-corrected chi connectivity index (χ3v) is 5.46. The monoisotopic (exact) mass is 436 g/mol. The lowest BCUT2D eigenvalue weighted by atomic mass is 9.97. The molecule has 1 aliphatic heterocycles. The molecule has 0 radical (unpaired) electrons. The molecule has 8 heteroatoms. The summed E-state index contributed by atoms with van der Waals surface area (Å²) in [6, 6.07) is 14.8. The van der Waals surface area contributed by atoms with E-state index in [1.165, 1.54) is 18.2 Å². The molecule has 0 bridgehead atoms. The Labute approximate surface area is 185 Å². The van der Waals surface area contributed by atoms with Crippen molar-refractivity contribution in [3.8, 4) is 11.5 Å². The standard InChI is InChI=1S/C24H25FN4O3/c1-16-21(28-22(32-16)18-8-3-2-4-9-18)23(30)29-12-6-7-17(15-29)14-26-24(31)27-20-11-5-10-19(25)13-20/h2-5,8-11,13,17H,6-7,12,14-15H2,1H3,(H2,26,27,31). The number of hydrogen-bond acceptors (Lipinski definition) is 4. The van der Waals surface area contributed by atoms with Gasteiger partial charge in [0.1, 0.15) is 11.6 Å². The number of anilines is 1. The highest BCUT2D eigenvalue weighted by atomic mass is 19.1. The van der Waals surface area contributed by atoms with E-state index < -0.39 is 11.8 Å². The number of amides is 3. The molecule has 3 amide bonds. The fraction of sp³-hybridized carbons (Fsp3) is 0.292. The Bertz CT molecular complexity index is 1100. The number of halogens is 1. The molecule has 2 aromatic carbocycles. The lowest BCUT2D eigenvalue weighted by Gasteiger charge is -2.32. The van der Waals surface area contributed by atoms with Crippen molar-refractivity contribution in [2.75, 3.05) is 25.0 Å². The summed E-state index contributed by atoms with van der Waals surface area (Å²) >= 11 is 0. The van der Waals surface area contributed by atoms with Gasteiger partial charge in [-0.25, -0.2) is 14.2 Å². The number of hydrogen-bond donors (Lipinski definition) is 2. The van der Waals surface area contributed by atoms with Crippen LogP contribution < -0.4 is 10.6 Å². The van der Waals surface area contributed by atoms with Crippen LogP contribution in [0.5, 0.6) is 0 Å². The zero-order valence-electron chi connectivity index (χ0n) is 17.8. The Kier molecular flexibility index (Phi) is 6.49. The van der Waals surface area contributed by atoms with Gasteiger partial charge in [-0.3, -0.25) is 4.79 Å². The van der Waals surface area contributed by atoms with Gasteiger partial charge in [-0.15, -0.1) is 0 Å². The molecule has 3 aromatic rings. The van der Waals surface area contributed by atoms with Crippen molar-refractivity contribution in [3.63, 3.8) is 0 Å². The summed E-state index contributed by atoms with van der Waals surface area (Å²) < 4.78 is 19.0. The van der Waals surface area contributed by atoms with Crippen LogP contribution >= 0.6 is 0 Å². The second-order valence-electron chi connectivity index (χ2n) is 7.89. The van der Waals surface area contributed by atoms with Crippen LogP contribution in [-0.4, -0.2) is 41.5 Å². The molecular formula is C24H25FN4O3. The fourth-order valence-corrected chi connectivity index (χ4v) is 3.84. The molecule has 7 nitrogen and oxygen atoms in total. The molecule has 2 heterocycles. The first kappa shape index (κ1) is 21.5. The second kappa shape index (κ2) is 9.64. The number of nitrogens with zero attached hydrogens (tertiary/aromatic N) is 2.